The average Bonchev–Trinajstić information content (AvgIpc) is 3.18. The summed E-state index contributed by atoms with van der Waals surface area (Å²) in [6.45, 7) is 0.426. The number of halogens is 1. The Morgan fingerprint density at radius 3 is 2.67 bits per heavy atom. The Bertz CT molecular complexity index is 957. The number of aromatic nitrogens is 2. The quantitative estimate of drug-likeness (QED) is 0.406. The minimum Gasteiger partial charge on any atom is -0.352 e. The van der Waals surface area contributed by atoms with Gasteiger partial charge >= 0.3 is 0 Å². The summed E-state index contributed by atoms with van der Waals surface area (Å²) < 4.78 is 0. The van der Waals surface area contributed by atoms with Crippen LogP contribution in [0.2, 0.25) is 5.02 Å². The maximum Gasteiger partial charge on any atom is 0.251 e. The van der Waals surface area contributed by atoms with E-state index in [-0.39, 0.29) is 17.9 Å². The first kappa shape index (κ1) is 22.2. The number of nitrogens with one attached hydrogen (secondary N) is 3. The SMILES string of the molecule is CSCCC(NC(=O)CCCNC(=O)c1ccc(Cl)cc1)c1nc2ccccc2[nH]1. The summed E-state index contributed by atoms with van der Waals surface area (Å²) in [5.41, 5.74) is 2.40. The van der Waals surface area contributed by atoms with Crippen molar-refractivity contribution >= 4 is 46.2 Å². The van der Waals surface area contributed by atoms with Gasteiger partial charge in [-0.05, 0) is 61.2 Å². The molecular weight excluding hydrogens is 420 g/mol. The molecule has 0 saturated carbocycles. The number of aromatic amines is 1. The van der Waals surface area contributed by atoms with Crippen molar-refractivity contribution in [1.82, 2.24) is 20.6 Å². The molecule has 1 atom stereocenters. The van der Waals surface area contributed by atoms with Crippen LogP contribution in [0.1, 0.15) is 41.5 Å². The lowest BCUT2D eigenvalue weighted by molar-refractivity contribution is -0.122. The van der Waals surface area contributed by atoms with E-state index in [1.54, 1.807) is 36.0 Å². The van der Waals surface area contributed by atoms with Crippen molar-refractivity contribution in [2.75, 3.05) is 18.6 Å². The predicted octanol–water partition coefficient (Wildman–Crippen LogP) is 4.34. The molecule has 0 aliphatic carbocycles. The number of fused-ring (bicyclic) bond motifs is 1. The van der Waals surface area contributed by atoms with Crippen LogP contribution >= 0.6 is 23.4 Å². The van der Waals surface area contributed by atoms with E-state index in [4.69, 9.17) is 11.6 Å². The highest BCUT2D eigenvalue weighted by molar-refractivity contribution is 7.98. The minimum atomic E-state index is -0.174. The zero-order valence-corrected chi connectivity index (χ0v) is 18.4. The van der Waals surface area contributed by atoms with Gasteiger partial charge in [-0.25, -0.2) is 4.98 Å². The molecule has 0 spiro atoms. The summed E-state index contributed by atoms with van der Waals surface area (Å²) >= 11 is 7.57. The van der Waals surface area contributed by atoms with Crippen LogP contribution in [0.3, 0.4) is 0 Å². The first-order valence-corrected chi connectivity index (χ1v) is 11.6. The van der Waals surface area contributed by atoms with Crippen LogP contribution in [0.4, 0.5) is 0 Å². The van der Waals surface area contributed by atoms with Crippen LogP contribution < -0.4 is 10.6 Å². The van der Waals surface area contributed by atoms with E-state index < -0.39 is 0 Å². The number of para-hydroxylation sites is 2. The zero-order valence-electron chi connectivity index (χ0n) is 16.8. The largest absolute Gasteiger partial charge is 0.352 e. The van der Waals surface area contributed by atoms with Crippen LogP contribution in [0, 0.1) is 0 Å². The Morgan fingerprint density at radius 2 is 1.93 bits per heavy atom. The van der Waals surface area contributed by atoms with Gasteiger partial charge in [0.05, 0.1) is 17.1 Å². The number of rotatable bonds is 10. The number of carbonyl (C=O) groups excluding carboxylic acids is 2. The molecule has 0 fully saturated rings. The molecule has 0 aliphatic rings. The van der Waals surface area contributed by atoms with Crippen LogP contribution in [-0.2, 0) is 4.79 Å². The van der Waals surface area contributed by atoms with Crippen molar-refractivity contribution < 1.29 is 9.59 Å². The van der Waals surface area contributed by atoms with E-state index in [1.165, 1.54) is 0 Å². The van der Waals surface area contributed by atoms with Gasteiger partial charge in [0.1, 0.15) is 5.82 Å². The molecule has 30 heavy (non-hydrogen) atoms. The number of carbonyl (C=O) groups is 2. The van der Waals surface area contributed by atoms with Crippen molar-refractivity contribution in [2.24, 2.45) is 0 Å². The highest BCUT2D eigenvalue weighted by Crippen LogP contribution is 2.20. The number of thioether (sulfide) groups is 1. The zero-order chi connectivity index (χ0) is 21.3. The van der Waals surface area contributed by atoms with E-state index in [1.807, 2.05) is 30.5 Å². The minimum absolute atomic E-state index is 0.0534. The van der Waals surface area contributed by atoms with Gasteiger partial charge in [0.25, 0.3) is 5.91 Å². The fraction of sp³-hybridized carbons (Fsp3) is 0.318. The average molecular weight is 445 g/mol. The van der Waals surface area contributed by atoms with E-state index >= 15 is 0 Å². The van der Waals surface area contributed by atoms with Crippen LogP contribution in [0.5, 0.6) is 0 Å². The highest BCUT2D eigenvalue weighted by Gasteiger charge is 2.18. The van der Waals surface area contributed by atoms with E-state index in [2.05, 4.69) is 20.6 Å². The molecule has 1 heterocycles. The molecule has 158 valence electrons. The van der Waals surface area contributed by atoms with E-state index in [9.17, 15) is 9.59 Å². The summed E-state index contributed by atoms with van der Waals surface area (Å²) in [6.07, 6.45) is 3.72. The third-order valence-corrected chi connectivity index (χ3v) is 5.55. The Morgan fingerprint density at radius 1 is 1.17 bits per heavy atom. The molecule has 3 aromatic rings. The van der Waals surface area contributed by atoms with Gasteiger partial charge in [-0.3, -0.25) is 9.59 Å². The summed E-state index contributed by atoms with van der Waals surface area (Å²) in [5, 5.41) is 6.50. The lowest BCUT2D eigenvalue weighted by Gasteiger charge is -2.16. The number of amides is 2. The summed E-state index contributed by atoms with van der Waals surface area (Å²) in [4.78, 5) is 32.5. The second-order valence-corrected chi connectivity index (χ2v) is 8.33. The number of H-pyrrole nitrogens is 1. The molecule has 8 heteroatoms. The first-order valence-electron chi connectivity index (χ1n) is 9.83. The molecule has 3 N–H and O–H groups in total. The standard InChI is InChI=1S/C22H25ClN4O2S/c1-30-14-12-19(21-26-17-5-2-3-6-18(17)27-21)25-20(28)7-4-13-24-22(29)15-8-10-16(23)11-9-15/h2-3,5-6,8-11,19H,4,7,12-14H2,1H3,(H,24,29)(H,25,28)(H,26,27). The Hall–Kier alpha value is -2.51. The molecule has 0 radical (unpaired) electrons. The molecular formula is C22H25ClN4O2S. The Kier molecular flexibility index (Phi) is 8.16. The Balaban J connectivity index is 1.49. The van der Waals surface area contributed by atoms with Gasteiger partial charge in [-0.15, -0.1) is 0 Å². The van der Waals surface area contributed by atoms with Gasteiger partial charge in [-0.2, -0.15) is 11.8 Å². The fourth-order valence-electron chi connectivity index (χ4n) is 3.07. The van der Waals surface area contributed by atoms with Crippen molar-refractivity contribution in [2.45, 2.75) is 25.3 Å². The normalized spacial score (nSPS) is 11.9. The topological polar surface area (TPSA) is 86.9 Å². The van der Waals surface area contributed by atoms with Crippen molar-refractivity contribution in [3.63, 3.8) is 0 Å². The number of hydrogen-bond acceptors (Lipinski definition) is 4. The van der Waals surface area contributed by atoms with Gasteiger partial charge < -0.3 is 15.6 Å². The maximum atomic E-state index is 12.5. The van der Waals surface area contributed by atoms with Crippen molar-refractivity contribution in [3.8, 4) is 0 Å². The third-order valence-electron chi connectivity index (χ3n) is 4.66. The molecule has 0 bridgehead atoms. The molecule has 3 rings (SSSR count). The molecule has 2 amide bonds. The van der Waals surface area contributed by atoms with Crippen LogP contribution in [0.15, 0.2) is 48.5 Å². The monoisotopic (exact) mass is 444 g/mol. The van der Waals surface area contributed by atoms with Gasteiger partial charge in [-0.1, -0.05) is 23.7 Å². The van der Waals surface area contributed by atoms with Gasteiger partial charge in [0.15, 0.2) is 0 Å². The van der Waals surface area contributed by atoms with Crippen LogP contribution in [-0.4, -0.2) is 40.3 Å². The second-order valence-electron chi connectivity index (χ2n) is 6.91. The summed E-state index contributed by atoms with van der Waals surface area (Å²) in [5.74, 6) is 1.46. The smallest absolute Gasteiger partial charge is 0.251 e. The van der Waals surface area contributed by atoms with Crippen LogP contribution in [0.25, 0.3) is 11.0 Å². The molecule has 1 aromatic heterocycles. The van der Waals surface area contributed by atoms with E-state index in [0.717, 1.165) is 29.0 Å². The third kappa shape index (κ3) is 6.24. The molecule has 6 nitrogen and oxygen atoms in total. The molecule has 0 saturated heterocycles. The highest BCUT2D eigenvalue weighted by atomic mass is 35.5. The predicted molar refractivity (Wildman–Crippen MR) is 123 cm³/mol. The second kappa shape index (κ2) is 11.0. The van der Waals surface area contributed by atoms with Gasteiger partial charge in [0, 0.05) is 23.6 Å². The first-order chi connectivity index (χ1) is 14.6. The maximum absolute atomic E-state index is 12.5. The van der Waals surface area contributed by atoms with Crippen molar-refractivity contribution in [1.29, 1.82) is 0 Å². The van der Waals surface area contributed by atoms with Crippen molar-refractivity contribution in [3.05, 3.63) is 64.9 Å². The number of benzene rings is 2. The lowest BCUT2D eigenvalue weighted by Crippen LogP contribution is -2.31. The molecule has 1 unspecified atom stereocenters. The summed E-state index contributed by atoms with van der Waals surface area (Å²) in [6, 6.07) is 14.4. The number of hydrogen-bond donors (Lipinski definition) is 3. The number of nitrogens with zero attached hydrogens (tertiary/aromatic N) is 1. The number of imidazole rings is 1. The Labute approximate surface area is 185 Å². The lowest BCUT2D eigenvalue weighted by atomic mass is 10.2. The summed E-state index contributed by atoms with van der Waals surface area (Å²) in [7, 11) is 0. The fourth-order valence-corrected chi connectivity index (χ4v) is 3.67. The molecule has 0 aliphatic heterocycles. The van der Waals surface area contributed by atoms with Gasteiger partial charge in [0.2, 0.25) is 5.91 Å². The van der Waals surface area contributed by atoms with E-state index in [0.29, 0.717) is 30.0 Å². The molecule has 2 aromatic carbocycles.